The molecule has 1 heterocycles. The van der Waals surface area contributed by atoms with Crippen LogP contribution in [-0.2, 0) is 0 Å². The Balaban J connectivity index is 1.50. The number of piperazine rings is 1. The van der Waals surface area contributed by atoms with Crippen LogP contribution in [0.4, 0.5) is 0 Å². The zero-order valence-electron chi connectivity index (χ0n) is 13.1. The molecule has 114 valence electrons. The first-order valence-corrected chi connectivity index (χ1v) is 8.30. The molecular formula is C18H26N2O. The molecule has 1 aliphatic carbocycles. The topological polar surface area (TPSA) is 23.6 Å². The first-order valence-electron chi connectivity index (χ1n) is 8.30. The van der Waals surface area contributed by atoms with Crippen LogP contribution in [0.3, 0.4) is 0 Å². The van der Waals surface area contributed by atoms with E-state index in [0.717, 1.165) is 37.7 Å². The van der Waals surface area contributed by atoms with Crippen LogP contribution >= 0.6 is 0 Å². The molecule has 1 aromatic rings. The standard InChI is InChI=1S/C18H26N2O/c1-15-6-8-17(9-7-15)18(21)20-12-10-19(11-13-20)14-16-4-2-3-5-16/h6-9,16H,2-5,10-14H2,1H3. The molecule has 0 bridgehead atoms. The van der Waals surface area contributed by atoms with Gasteiger partial charge in [-0.1, -0.05) is 30.5 Å². The molecule has 0 spiro atoms. The van der Waals surface area contributed by atoms with E-state index in [9.17, 15) is 4.79 Å². The van der Waals surface area contributed by atoms with Crippen molar-refractivity contribution in [3.63, 3.8) is 0 Å². The molecule has 3 nitrogen and oxygen atoms in total. The minimum Gasteiger partial charge on any atom is -0.336 e. The second kappa shape index (κ2) is 6.61. The SMILES string of the molecule is Cc1ccc(C(=O)N2CCN(CC3CCCC3)CC2)cc1. The number of carbonyl (C=O) groups excluding carboxylic acids is 1. The summed E-state index contributed by atoms with van der Waals surface area (Å²) >= 11 is 0. The Hall–Kier alpha value is -1.35. The molecule has 1 saturated heterocycles. The number of rotatable bonds is 3. The highest BCUT2D eigenvalue weighted by Gasteiger charge is 2.24. The predicted octanol–water partition coefficient (Wildman–Crippen LogP) is 2.94. The van der Waals surface area contributed by atoms with Gasteiger partial charge in [-0.05, 0) is 37.8 Å². The van der Waals surface area contributed by atoms with E-state index in [0.29, 0.717) is 0 Å². The normalized spacial score (nSPS) is 20.9. The van der Waals surface area contributed by atoms with Crippen LogP contribution in [0, 0.1) is 12.8 Å². The molecule has 0 atom stereocenters. The van der Waals surface area contributed by atoms with Crippen molar-refractivity contribution in [1.29, 1.82) is 0 Å². The average molecular weight is 286 g/mol. The second-order valence-electron chi connectivity index (χ2n) is 6.61. The summed E-state index contributed by atoms with van der Waals surface area (Å²) < 4.78 is 0. The largest absolute Gasteiger partial charge is 0.336 e. The highest BCUT2D eigenvalue weighted by atomic mass is 16.2. The Morgan fingerprint density at radius 1 is 1.05 bits per heavy atom. The van der Waals surface area contributed by atoms with Gasteiger partial charge in [-0.25, -0.2) is 0 Å². The van der Waals surface area contributed by atoms with Crippen molar-refractivity contribution in [2.24, 2.45) is 5.92 Å². The molecule has 0 radical (unpaired) electrons. The molecule has 2 fully saturated rings. The van der Waals surface area contributed by atoms with Gasteiger partial charge in [-0.15, -0.1) is 0 Å². The molecule has 1 aliphatic heterocycles. The van der Waals surface area contributed by atoms with Gasteiger partial charge in [0.25, 0.3) is 5.91 Å². The first-order chi connectivity index (χ1) is 10.2. The zero-order valence-corrected chi connectivity index (χ0v) is 13.1. The third-order valence-corrected chi connectivity index (χ3v) is 4.95. The van der Waals surface area contributed by atoms with Crippen LogP contribution in [0.2, 0.25) is 0 Å². The van der Waals surface area contributed by atoms with Crippen LogP contribution in [0.15, 0.2) is 24.3 Å². The van der Waals surface area contributed by atoms with E-state index in [4.69, 9.17) is 0 Å². The molecule has 2 aliphatic rings. The van der Waals surface area contributed by atoms with Crippen molar-refractivity contribution in [3.05, 3.63) is 35.4 Å². The molecule has 0 N–H and O–H groups in total. The number of amides is 1. The highest BCUT2D eigenvalue weighted by Crippen LogP contribution is 2.25. The molecule has 0 aromatic heterocycles. The summed E-state index contributed by atoms with van der Waals surface area (Å²) in [5.74, 6) is 1.10. The van der Waals surface area contributed by atoms with E-state index < -0.39 is 0 Å². The van der Waals surface area contributed by atoms with E-state index in [1.54, 1.807) is 0 Å². The summed E-state index contributed by atoms with van der Waals surface area (Å²) in [5, 5.41) is 0. The minimum absolute atomic E-state index is 0.190. The molecule has 1 aromatic carbocycles. The molecule has 3 heteroatoms. The third-order valence-electron chi connectivity index (χ3n) is 4.95. The summed E-state index contributed by atoms with van der Waals surface area (Å²) in [6.07, 6.45) is 5.64. The number of aryl methyl sites for hydroxylation is 1. The van der Waals surface area contributed by atoms with Crippen molar-refractivity contribution in [1.82, 2.24) is 9.80 Å². The first kappa shape index (κ1) is 14.6. The van der Waals surface area contributed by atoms with Crippen molar-refractivity contribution in [2.75, 3.05) is 32.7 Å². The number of hydrogen-bond donors (Lipinski definition) is 0. The quantitative estimate of drug-likeness (QED) is 0.853. The molecule has 0 unspecified atom stereocenters. The van der Waals surface area contributed by atoms with Crippen LogP contribution in [-0.4, -0.2) is 48.4 Å². The number of carbonyl (C=O) groups is 1. The Bertz CT molecular complexity index is 468. The van der Waals surface area contributed by atoms with Crippen LogP contribution in [0.5, 0.6) is 0 Å². The fourth-order valence-corrected chi connectivity index (χ4v) is 3.57. The Kier molecular flexibility index (Phi) is 4.59. The molecule has 21 heavy (non-hydrogen) atoms. The van der Waals surface area contributed by atoms with Crippen LogP contribution in [0.1, 0.15) is 41.6 Å². The summed E-state index contributed by atoms with van der Waals surface area (Å²) in [6, 6.07) is 7.93. The Morgan fingerprint density at radius 2 is 1.67 bits per heavy atom. The van der Waals surface area contributed by atoms with Crippen LogP contribution in [0.25, 0.3) is 0 Å². The molecule has 3 rings (SSSR count). The lowest BCUT2D eigenvalue weighted by molar-refractivity contribution is 0.0618. The third kappa shape index (κ3) is 3.65. The van der Waals surface area contributed by atoms with Gasteiger partial charge in [0.05, 0.1) is 0 Å². The number of hydrogen-bond acceptors (Lipinski definition) is 2. The van der Waals surface area contributed by atoms with Crippen molar-refractivity contribution >= 4 is 5.91 Å². The number of benzene rings is 1. The predicted molar refractivity (Wildman–Crippen MR) is 85.5 cm³/mol. The van der Waals surface area contributed by atoms with E-state index in [-0.39, 0.29) is 5.91 Å². The smallest absolute Gasteiger partial charge is 0.253 e. The van der Waals surface area contributed by atoms with Gasteiger partial charge >= 0.3 is 0 Å². The molecule has 1 saturated carbocycles. The lowest BCUT2D eigenvalue weighted by atomic mass is 10.1. The van der Waals surface area contributed by atoms with E-state index in [1.165, 1.54) is 37.8 Å². The monoisotopic (exact) mass is 286 g/mol. The molecule has 1 amide bonds. The Labute approximate surface area is 127 Å². The maximum Gasteiger partial charge on any atom is 0.253 e. The number of nitrogens with zero attached hydrogens (tertiary/aromatic N) is 2. The second-order valence-corrected chi connectivity index (χ2v) is 6.61. The Morgan fingerprint density at radius 3 is 2.29 bits per heavy atom. The van der Waals surface area contributed by atoms with Crippen molar-refractivity contribution < 1.29 is 4.79 Å². The van der Waals surface area contributed by atoms with Gasteiger partial charge in [0.1, 0.15) is 0 Å². The minimum atomic E-state index is 0.190. The maximum atomic E-state index is 12.5. The van der Waals surface area contributed by atoms with Gasteiger partial charge in [-0.2, -0.15) is 0 Å². The highest BCUT2D eigenvalue weighted by molar-refractivity contribution is 5.94. The van der Waals surface area contributed by atoms with E-state index in [1.807, 2.05) is 29.2 Å². The summed E-state index contributed by atoms with van der Waals surface area (Å²) in [6.45, 7) is 7.11. The summed E-state index contributed by atoms with van der Waals surface area (Å²) in [4.78, 5) is 17.0. The van der Waals surface area contributed by atoms with Crippen molar-refractivity contribution in [2.45, 2.75) is 32.6 Å². The zero-order chi connectivity index (χ0) is 14.7. The van der Waals surface area contributed by atoms with Gasteiger partial charge in [0.2, 0.25) is 0 Å². The van der Waals surface area contributed by atoms with Crippen molar-refractivity contribution in [3.8, 4) is 0 Å². The van der Waals surface area contributed by atoms with E-state index in [2.05, 4.69) is 11.8 Å². The van der Waals surface area contributed by atoms with E-state index >= 15 is 0 Å². The summed E-state index contributed by atoms with van der Waals surface area (Å²) in [7, 11) is 0. The molecular weight excluding hydrogens is 260 g/mol. The fourth-order valence-electron chi connectivity index (χ4n) is 3.57. The van der Waals surface area contributed by atoms with Crippen LogP contribution < -0.4 is 0 Å². The average Bonchev–Trinajstić information content (AvgIpc) is 3.01. The summed E-state index contributed by atoms with van der Waals surface area (Å²) in [5.41, 5.74) is 2.03. The van der Waals surface area contributed by atoms with Gasteiger partial charge in [-0.3, -0.25) is 9.69 Å². The maximum absolute atomic E-state index is 12.5. The fraction of sp³-hybridized carbons (Fsp3) is 0.611. The lowest BCUT2D eigenvalue weighted by Crippen LogP contribution is -2.49. The van der Waals surface area contributed by atoms with Gasteiger partial charge in [0, 0.05) is 38.3 Å². The van der Waals surface area contributed by atoms with Gasteiger partial charge in [0.15, 0.2) is 0 Å². The van der Waals surface area contributed by atoms with Gasteiger partial charge < -0.3 is 4.90 Å². The lowest BCUT2D eigenvalue weighted by Gasteiger charge is -2.36.